The Morgan fingerprint density at radius 3 is 2.76 bits per heavy atom. The normalized spacial score (nSPS) is 14.9. The molecule has 2 aromatic carbocycles. The molecule has 0 N–H and O–H groups in total. The quantitative estimate of drug-likeness (QED) is 0.490. The van der Waals surface area contributed by atoms with Gasteiger partial charge in [-0.25, -0.2) is 4.98 Å². The zero-order valence-corrected chi connectivity index (χ0v) is 17.0. The first-order chi connectivity index (χ1) is 14.2. The van der Waals surface area contributed by atoms with Crippen LogP contribution in [0, 0.1) is 6.92 Å². The maximum atomic E-state index is 5.51. The highest BCUT2D eigenvalue weighted by Gasteiger charge is 2.17. The molecular formula is C23H26N4O2. The molecule has 0 spiro atoms. The lowest BCUT2D eigenvalue weighted by atomic mass is 10.1. The van der Waals surface area contributed by atoms with Crippen molar-refractivity contribution in [1.82, 2.24) is 14.7 Å². The SMILES string of the molecule is CCCCn1c(-c2ccc3onc(C)c3c2)nc2ccc(N3CCOCC3)cc21. The third-order valence-electron chi connectivity index (χ3n) is 5.75. The van der Waals surface area contributed by atoms with Crippen molar-refractivity contribution in [3.63, 3.8) is 0 Å². The number of ether oxygens (including phenoxy) is 1. The molecule has 2 aromatic heterocycles. The van der Waals surface area contributed by atoms with Gasteiger partial charge in [-0.05, 0) is 49.7 Å². The largest absolute Gasteiger partial charge is 0.378 e. The molecule has 1 saturated heterocycles. The Morgan fingerprint density at radius 1 is 1.07 bits per heavy atom. The van der Waals surface area contributed by atoms with Crippen LogP contribution >= 0.6 is 0 Å². The van der Waals surface area contributed by atoms with Gasteiger partial charge in [-0.2, -0.15) is 0 Å². The fourth-order valence-electron chi connectivity index (χ4n) is 4.09. The molecule has 4 aromatic rings. The van der Waals surface area contributed by atoms with E-state index in [-0.39, 0.29) is 0 Å². The lowest BCUT2D eigenvalue weighted by Gasteiger charge is -2.28. The smallest absolute Gasteiger partial charge is 0.167 e. The Bertz CT molecular complexity index is 1150. The number of morpholine rings is 1. The van der Waals surface area contributed by atoms with Crippen LogP contribution in [0.1, 0.15) is 25.5 Å². The molecule has 150 valence electrons. The number of aromatic nitrogens is 3. The maximum Gasteiger partial charge on any atom is 0.167 e. The van der Waals surface area contributed by atoms with Crippen LogP contribution in [0.25, 0.3) is 33.4 Å². The average Bonchev–Trinajstić information content (AvgIpc) is 3.32. The van der Waals surface area contributed by atoms with E-state index in [0.29, 0.717) is 0 Å². The lowest BCUT2D eigenvalue weighted by Crippen LogP contribution is -2.36. The Kier molecular flexibility index (Phi) is 4.72. The highest BCUT2D eigenvalue weighted by molar-refractivity contribution is 5.88. The van der Waals surface area contributed by atoms with Crippen molar-refractivity contribution in [3.8, 4) is 11.4 Å². The van der Waals surface area contributed by atoms with E-state index in [2.05, 4.69) is 51.9 Å². The second-order valence-corrected chi connectivity index (χ2v) is 7.69. The molecule has 3 heterocycles. The summed E-state index contributed by atoms with van der Waals surface area (Å²) in [5.41, 5.74) is 6.30. The van der Waals surface area contributed by atoms with Crippen LogP contribution < -0.4 is 4.90 Å². The maximum absolute atomic E-state index is 5.51. The predicted molar refractivity (Wildman–Crippen MR) is 115 cm³/mol. The fourth-order valence-corrected chi connectivity index (χ4v) is 4.09. The summed E-state index contributed by atoms with van der Waals surface area (Å²) < 4.78 is 13.3. The van der Waals surface area contributed by atoms with Gasteiger partial charge < -0.3 is 18.7 Å². The second kappa shape index (κ2) is 7.52. The van der Waals surface area contributed by atoms with Gasteiger partial charge in [-0.3, -0.25) is 0 Å². The molecule has 0 bridgehead atoms. The molecule has 1 fully saturated rings. The van der Waals surface area contributed by atoms with Gasteiger partial charge in [-0.1, -0.05) is 18.5 Å². The van der Waals surface area contributed by atoms with Gasteiger partial charge in [0.1, 0.15) is 5.82 Å². The molecule has 6 heteroatoms. The predicted octanol–water partition coefficient (Wildman–Crippen LogP) is 4.79. The summed E-state index contributed by atoms with van der Waals surface area (Å²) >= 11 is 0. The van der Waals surface area contributed by atoms with Gasteiger partial charge in [0.2, 0.25) is 0 Å². The zero-order valence-electron chi connectivity index (χ0n) is 17.0. The van der Waals surface area contributed by atoms with Gasteiger partial charge >= 0.3 is 0 Å². The summed E-state index contributed by atoms with van der Waals surface area (Å²) in [6, 6.07) is 12.8. The van der Waals surface area contributed by atoms with E-state index in [1.807, 2.05) is 13.0 Å². The Hall–Kier alpha value is -2.86. The first kappa shape index (κ1) is 18.2. The Balaban J connectivity index is 1.63. The molecule has 6 nitrogen and oxygen atoms in total. The van der Waals surface area contributed by atoms with Gasteiger partial charge in [0, 0.05) is 36.3 Å². The standard InChI is InChI=1S/C23H26N4O2/c1-3-4-9-27-21-15-18(26-10-12-28-13-11-26)6-7-20(21)24-23(27)17-5-8-22-19(14-17)16(2)25-29-22/h5-8,14-15H,3-4,9-13H2,1-2H3. The van der Waals surface area contributed by atoms with Crippen LogP contribution in [0.4, 0.5) is 5.69 Å². The molecule has 0 amide bonds. The number of rotatable bonds is 5. The van der Waals surface area contributed by atoms with E-state index in [1.54, 1.807) is 0 Å². The summed E-state index contributed by atoms with van der Waals surface area (Å²) in [5.74, 6) is 1.01. The van der Waals surface area contributed by atoms with E-state index < -0.39 is 0 Å². The van der Waals surface area contributed by atoms with E-state index in [0.717, 1.165) is 79.3 Å². The minimum Gasteiger partial charge on any atom is -0.378 e. The van der Waals surface area contributed by atoms with Crippen molar-refractivity contribution in [2.24, 2.45) is 0 Å². The molecule has 5 rings (SSSR count). The van der Waals surface area contributed by atoms with Crippen molar-refractivity contribution in [2.45, 2.75) is 33.2 Å². The number of anilines is 1. The number of hydrogen-bond acceptors (Lipinski definition) is 5. The third kappa shape index (κ3) is 3.27. The highest BCUT2D eigenvalue weighted by Crippen LogP contribution is 2.31. The van der Waals surface area contributed by atoms with Crippen molar-refractivity contribution in [1.29, 1.82) is 0 Å². The third-order valence-corrected chi connectivity index (χ3v) is 5.75. The summed E-state index contributed by atoms with van der Waals surface area (Å²) in [5, 5.41) is 5.14. The van der Waals surface area contributed by atoms with E-state index in [4.69, 9.17) is 14.2 Å². The Labute approximate surface area is 170 Å². The zero-order chi connectivity index (χ0) is 19.8. The van der Waals surface area contributed by atoms with Crippen LogP contribution in [0.3, 0.4) is 0 Å². The number of benzene rings is 2. The summed E-state index contributed by atoms with van der Waals surface area (Å²) in [4.78, 5) is 7.41. The number of hydrogen-bond donors (Lipinski definition) is 0. The van der Waals surface area contributed by atoms with Crippen LogP contribution in [0.15, 0.2) is 40.9 Å². The van der Waals surface area contributed by atoms with Crippen molar-refractivity contribution in [3.05, 3.63) is 42.1 Å². The monoisotopic (exact) mass is 390 g/mol. The second-order valence-electron chi connectivity index (χ2n) is 7.69. The molecule has 29 heavy (non-hydrogen) atoms. The first-order valence-corrected chi connectivity index (χ1v) is 10.4. The summed E-state index contributed by atoms with van der Waals surface area (Å²) in [6.07, 6.45) is 2.26. The molecule has 0 atom stereocenters. The van der Waals surface area contributed by atoms with Crippen molar-refractivity contribution >= 4 is 27.7 Å². The van der Waals surface area contributed by atoms with E-state index in [1.165, 1.54) is 11.2 Å². The molecule has 0 saturated carbocycles. The van der Waals surface area contributed by atoms with Crippen molar-refractivity contribution < 1.29 is 9.26 Å². The van der Waals surface area contributed by atoms with E-state index >= 15 is 0 Å². The molecule has 0 radical (unpaired) electrons. The first-order valence-electron chi connectivity index (χ1n) is 10.4. The van der Waals surface area contributed by atoms with Gasteiger partial charge in [-0.15, -0.1) is 0 Å². The molecule has 0 aliphatic carbocycles. The molecule has 0 unspecified atom stereocenters. The van der Waals surface area contributed by atoms with Crippen molar-refractivity contribution in [2.75, 3.05) is 31.2 Å². The number of nitrogens with zero attached hydrogens (tertiary/aromatic N) is 4. The van der Waals surface area contributed by atoms with Crippen LogP contribution in [0.2, 0.25) is 0 Å². The minimum absolute atomic E-state index is 0.788. The van der Waals surface area contributed by atoms with E-state index in [9.17, 15) is 0 Å². The average molecular weight is 390 g/mol. The summed E-state index contributed by atoms with van der Waals surface area (Å²) in [6.45, 7) is 8.60. The minimum atomic E-state index is 0.788. The highest BCUT2D eigenvalue weighted by atomic mass is 16.5. The number of unbranched alkanes of at least 4 members (excludes halogenated alkanes) is 1. The molecular weight excluding hydrogens is 364 g/mol. The molecule has 1 aliphatic heterocycles. The van der Waals surface area contributed by atoms with Crippen LogP contribution in [-0.2, 0) is 11.3 Å². The number of aryl methyl sites for hydroxylation is 2. The lowest BCUT2D eigenvalue weighted by molar-refractivity contribution is 0.122. The Morgan fingerprint density at radius 2 is 1.93 bits per heavy atom. The fraction of sp³-hybridized carbons (Fsp3) is 0.391. The van der Waals surface area contributed by atoms with Crippen LogP contribution in [0.5, 0.6) is 0 Å². The number of imidazole rings is 1. The van der Waals surface area contributed by atoms with Crippen LogP contribution in [-0.4, -0.2) is 41.0 Å². The van der Waals surface area contributed by atoms with Gasteiger partial charge in [0.15, 0.2) is 5.58 Å². The van der Waals surface area contributed by atoms with Gasteiger partial charge in [0.25, 0.3) is 0 Å². The number of fused-ring (bicyclic) bond motifs is 2. The topological polar surface area (TPSA) is 56.3 Å². The molecule has 1 aliphatic rings. The summed E-state index contributed by atoms with van der Waals surface area (Å²) in [7, 11) is 0. The van der Waals surface area contributed by atoms with Gasteiger partial charge in [0.05, 0.1) is 29.9 Å².